The third-order valence-electron chi connectivity index (χ3n) is 3.70. The topological polar surface area (TPSA) is 128 Å². The zero-order chi connectivity index (χ0) is 19.4. The minimum Gasteiger partial charge on any atom is -0.853 e. The van der Waals surface area contributed by atoms with E-state index in [-0.39, 0.29) is 109 Å². The van der Waals surface area contributed by atoms with Crippen molar-refractivity contribution in [2.45, 2.75) is 12.5 Å². The summed E-state index contributed by atoms with van der Waals surface area (Å²) < 4.78 is 5.72. The number of nitrogens with two attached hydrogens (primary N) is 1. The van der Waals surface area contributed by atoms with Crippen molar-refractivity contribution < 1.29 is 127 Å². The van der Waals surface area contributed by atoms with Crippen molar-refractivity contribution >= 4 is 34.9 Å². The number of carbonyl (C=O) groups is 2. The van der Waals surface area contributed by atoms with Crippen LogP contribution in [0.15, 0.2) is 58.4 Å². The van der Waals surface area contributed by atoms with Crippen LogP contribution in [0.5, 0.6) is 11.5 Å². The minimum atomic E-state index is -1.29. The van der Waals surface area contributed by atoms with E-state index in [9.17, 15) is 19.8 Å². The number of thioether (sulfide) groups is 1. The van der Waals surface area contributed by atoms with Gasteiger partial charge in [0.25, 0.3) is 5.91 Å². The number of benzene rings is 2. The van der Waals surface area contributed by atoms with Gasteiger partial charge in [-0.3, -0.25) is 4.79 Å². The summed E-state index contributed by atoms with van der Waals surface area (Å²) in [4.78, 5) is 25.8. The van der Waals surface area contributed by atoms with E-state index >= 15 is 0 Å². The number of aliphatic imine (C=N–C) groups is 1. The fourth-order valence-electron chi connectivity index (χ4n) is 2.34. The van der Waals surface area contributed by atoms with E-state index in [0.717, 1.165) is 22.9 Å². The molecule has 29 heavy (non-hydrogen) atoms. The molecule has 138 valence electrons. The summed E-state index contributed by atoms with van der Waals surface area (Å²) in [6.07, 6.45) is 1.78. The number of hydrogen-bond donors (Lipinski definition) is 1. The van der Waals surface area contributed by atoms with E-state index < -0.39 is 23.1 Å². The van der Waals surface area contributed by atoms with Gasteiger partial charge in [-0.15, -0.1) is 0 Å². The van der Waals surface area contributed by atoms with Gasteiger partial charge in [0.1, 0.15) is 11.5 Å². The molecule has 1 amide bonds. The Morgan fingerprint density at radius 1 is 1.10 bits per heavy atom. The van der Waals surface area contributed by atoms with Crippen LogP contribution in [0.4, 0.5) is 0 Å². The van der Waals surface area contributed by atoms with Gasteiger partial charge in [0.05, 0.1) is 10.9 Å². The Bertz CT molecular complexity index is 931. The van der Waals surface area contributed by atoms with Crippen molar-refractivity contribution in [3.63, 3.8) is 0 Å². The summed E-state index contributed by atoms with van der Waals surface area (Å²) in [5, 5.41) is 21.3. The van der Waals surface area contributed by atoms with E-state index in [2.05, 4.69) is 4.99 Å². The molecular weight excluding hydrogens is 446 g/mol. The van der Waals surface area contributed by atoms with Gasteiger partial charge in [-0.25, -0.2) is 4.99 Å². The van der Waals surface area contributed by atoms with Gasteiger partial charge in [-0.1, -0.05) is 36.0 Å². The maximum absolute atomic E-state index is 11.5. The fraction of sp³-hybridized carbons (Fsp3) is 0.105. The van der Waals surface area contributed by atoms with E-state index in [0.29, 0.717) is 16.4 Å². The van der Waals surface area contributed by atoms with Crippen LogP contribution in [-0.4, -0.2) is 23.1 Å². The van der Waals surface area contributed by atoms with Crippen LogP contribution in [0.3, 0.4) is 0 Å². The molecule has 0 aliphatic carbocycles. The molecule has 2 aromatic rings. The summed E-state index contributed by atoms with van der Waals surface area (Å²) in [5.74, 6) is -0.648. The molecule has 0 saturated heterocycles. The molecule has 7 nitrogen and oxygen atoms in total. The second kappa shape index (κ2) is 12.9. The molecule has 0 spiro atoms. The molecule has 0 bridgehead atoms. The van der Waals surface area contributed by atoms with Crippen molar-refractivity contribution in [2.75, 3.05) is 0 Å². The monoisotopic (exact) mass is 460 g/mol. The average Bonchev–Trinajstić information content (AvgIpc) is 2.95. The largest absolute Gasteiger partial charge is 1.00 e. The molecule has 1 aliphatic heterocycles. The predicted octanol–water partition coefficient (Wildman–Crippen LogP) is -5.56. The molecule has 2 N–H and O–H groups in total. The SMILES string of the molecule is N[C@@H](Cc1ccc(Oc2ccc(/C=C3/SC([O-])=NC3=O)cc2)cc1)C(=O)[O-].[K+].[K+]. The molecule has 0 radical (unpaired) electrons. The van der Waals surface area contributed by atoms with Crippen molar-refractivity contribution in [2.24, 2.45) is 10.7 Å². The maximum Gasteiger partial charge on any atom is 1.00 e. The summed E-state index contributed by atoms with van der Waals surface area (Å²) in [6, 6.07) is 12.8. The summed E-state index contributed by atoms with van der Waals surface area (Å²) in [5.41, 5.74) is 6.96. The zero-order valence-corrected chi connectivity index (χ0v) is 23.0. The molecular formula is C19H14K2N2O5S. The number of aliphatic carboxylic acids is 1. The van der Waals surface area contributed by atoms with Gasteiger partial charge in [0, 0.05) is 11.3 Å². The van der Waals surface area contributed by atoms with Gasteiger partial charge >= 0.3 is 103 Å². The molecule has 1 atom stereocenters. The fourth-order valence-corrected chi connectivity index (χ4v) is 2.98. The van der Waals surface area contributed by atoms with Crippen LogP contribution >= 0.6 is 11.8 Å². The van der Waals surface area contributed by atoms with Gasteiger partial charge in [-0.05, 0) is 47.9 Å². The Morgan fingerprint density at radius 3 is 2.14 bits per heavy atom. The van der Waals surface area contributed by atoms with Crippen LogP contribution in [0.1, 0.15) is 11.1 Å². The van der Waals surface area contributed by atoms with Crippen molar-refractivity contribution in [3.05, 3.63) is 64.6 Å². The van der Waals surface area contributed by atoms with Crippen molar-refractivity contribution in [1.29, 1.82) is 0 Å². The Balaban J connectivity index is 0.00000210. The number of carboxylic acid groups (broad SMARTS) is 1. The first-order valence-electron chi connectivity index (χ1n) is 7.93. The summed E-state index contributed by atoms with van der Waals surface area (Å²) >= 11 is 0.808. The van der Waals surface area contributed by atoms with Crippen LogP contribution in [0.25, 0.3) is 6.08 Å². The van der Waals surface area contributed by atoms with E-state index in [1.54, 1.807) is 54.6 Å². The number of rotatable bonds is 6. The average molecular weight is 461 g/mol. The van der Waals surface area contributed by atoms with Crippen molar-refractivity contribution in [3.8, 4) is 11.5 Å². The predicted molar refractivity (Wildman–Crippen MR) is 97.7 cm³/mol. The van der Waals surface area contributed by atoms with Crippen LogP contribution in [0, 0.1) is 0 Å². The van der Waals surface area contributed by atoms with Crippen LogP contribution < -0.4 is 123 Å². The summed E-state index contributed by atoms with van der Waals surface area (Å²) in [6.45, 7) is 0. The second-order valence-corrected chi connectivity index (χ2v) is 6.73. The minimum absolute atomic E-state index is 0. The number of nitrogens with zero attached hydrogens (tertiary/aromatic N) is 1. The van der Waals surface area contributed by atoms with Gasteiger partial charge < -0.3 is 25.5 Å². The molecule has 0 unspecified atom stereocenters. The molecule has 2 aromatic carbocycles. The van der Waals surface area contributed by atoms with Gasteiger partial charge in [0.15, 0.2) is 0 Å². The van der Waals surface area contributed by atoms with Crippen molar-refractivity contribution in [1.82, 2.24) is 0 Å². The Kier molecular flexibility index (Phi) is 12.1. The first kappa shape index (κ1) is 27.2. The molecule has 1 heterocycles. The first-order chi connectivity index (χ1) is 12.9. The quantitative estimate of drug-likeness (QED) is 0.336. The summed E-state index contributed by atoms with van der Waals surface area (Å²) in [7, 11) is 0. The van der Waals surface area contributed by atoms with Crippen LogP contribution in [0.2, 0.25) is 0 Å². The zero-order valence-electron chi connectivity index (χ0n) is 16.0. The van der Waals surface area contributed by atoms with E-state index in [1.165, 1.54) is 0 Å². The Hall–Kier alpha value is 0.173. The van der Waals surface area contributed by atoms with Crippen LogP contribution in [-0.2, 0) is 16.0 Å². The first-order valence-corrected chi connectivity index (χ1v) is 8.75. The smallest absolute Gasteiger partial charge is 0.853 e. The maximum atomic E-state index is 11.5. The standard InChI is InChI=1S/C19H16N2O5S.2K/c20-15(18(23)24)9-11-1-5-13(6-2-11)26-14-7-3-12(4-8-14)10-16-17(22)21-19(25)27-16;;/h1-8,10,15H,9,20H2,(H,23,24)(H,21,22,25);;/q;2*+1/p-2/b16-10+;;/t15-;;/m0../s1. The number of carbonyl (C=O) groups excluding carboxylic acids is 2. The second-order valence-electron chi connectivity index (χ2n) is 5.74. The Labute approximate surface area is 257 Å². The molecule has 1 aliphatic rings. The number of hydrogen-bond acceptors (Lipinski definition) is 7. The van der Waals surface area contributed by atoms with Gasteiger partial charge in [-0.2, -0.15) is 0 Å². The molecule has 0 fully saturated rings. The molecule has 3 rings (SSSR count). The van der Waals surface area contributed by atoms with E-state index in [1.807, 2.05) is 0 Å². The van der Waals surface area contributed by atoms with Gasteiger partial charge in [0.2, 0.25) is 0 Å². The van der Waals surface area contributed by atoms with E-state index in [4.69, 9.17) is 10.5 Å². The third-order valence-corrected chi connectivity index (χ3v) is 4.47. The Morgan fingerprint density at radius 2 is 1.66 bits per heavy atom. The number of amides is 1. The molecule has 0 saturated carbocycles. The normalized spacial score (nSPS) is 15.1. The molecule has 0 aromatic heterocycles. The molecule has 10 heteroatoms. The number of ether oxygens (including phenoxy) is 1. The number of carboxylic acids is 1. The third kappa shape index (κ3) is 8.32.